The van der Waals surface area contributed by atoms with Crippen molar-refractivity contribution in [3.8, 4) is 11.4 Å². The van der Waals surface area contributed by atoms with Crippen molar-refractivity contribution >= 4 is 5.91 Å². The van der Waals surface area contributed by atoms with Gasteiger partial charge in [-0.05, 0) is 37.0 Å². The van der Waals surface area contributed by atoms with E-state index in [9.17, 15) is 9.18 Å². The average molecular weight is 379 g/mol. The van der Waals surface area contributed by atoms with Crippen molar-refractivity contribution in [1.82, 2.24) is 15.0 Å². The largest absolute Gasteiger partial charge is 0.339 e. The Morgan fingerprint density at radius 3 is 2.86 bits per heavy atom. The molecule has 1 aromatic heterocycles. The van der Waals surface area contributed by atoms with E-state index in [1.165, 1.54) is 11.6 Å². The molecule has 1 aliphatic rings. The number of rotatable bonds is 5. The predicted molar refractivity (Wildman–Crippen MR) is 103 cm³/mol. The number of aromatic nitrogens is 2. The zero-order valence-electron chi connectivity index (χ0n) is 15.8. The van der Waals surface area contributed by atoms with E-state index in [1.807, 2.05) is 23.1 Å². The van der Waals surface area contributed by atoms with Crippen molar-refractivity contribution < 1.29 is 13.7 Å². The molecule has 144 valence electrons. The minimum Gasteiger partial charge on any atom is -0.339 e. The van der Waals surface area contributed by atoms with Gasteiger partial charge in [-0.2, -0.15) is 4.98 Å². The quantitative estimate of drug-likeness (QED) is 0.656. The lowest BCUT2D eigenvalue weighted by Gasteiger charge is -2.25. The smallest absolute Gasteiger partial charge is 0.227 e. The van der Waals surface area contributed by atoms with Gasteiger partial charge in [0.05, 0.1) is 6.04 Å². The molecule has 0 aliphatic carbocycles. The van der Waals surface area contributed by atoms with Crippen LogP contribution in [0.3, 0.4) is 0 Å². The summed E-state index contributed by atoms with van der Waals surface area (Å²) in [4.78, 5) is 19.0. The van der Waals surface area contributed by atoms with Gasteiger partial charge in [-0.1, -0.05) is 47.6 Å². The highest BCUT2D eigenvalue weighted by atomic mass is 19.1. The first kappa shape index (κ1) is 18.3. The summed E-state index contributed by atoms with van der Waals surface area (Å²) in [7, 11) is 0. The number of benzene rings is 2. The van der Waals surface area contributed by atoms with Gasteiger partial charge in [-0.3, -0.25) is 4.79 Å². The minimum absolute atomic E-state index is 0.0903. The molecule has 1 saturated heterocycles. The van der Waals surface area contributed by atoms with Gasteiger partial charge >= 0.3 is 0 Å². The molecular formula is C22H22FN3O2. The topological polar surface area (TPSA) is 59.2 Å². The second-order valence-corrected chi connectivity index (χ2v) is 7.13. The van der Waals surface area contributed by atoms with Gasteiger partial charge in [-0.25, -0.2) is 4.39 Å². The number of carbonyl (C=O) groups is 1. The molecule has 5 nitrogen and oxygen atoms in total. The molecule has 3 aromatic rings. The van der Waals surface area contributed by atoms with E-state index >= 15 is 0 Å². The number of likely N-dealkylation sites (tertiary alicyclic amines) is 1. The van der Waals surface area contributed by atoms with Crippen LogP contribution >= 0.6 is 0 Å². The van der Waals surface area contributed by atoms with Crippen molar-refractivity contribution in [1.29, 1.82) is 0 Å². The van der Waals surface area contributed by atoms with E-state index in [1.54, 1.807) is 19.1 Å². The summed E-state index contributed by atoms with van der Waals surface area (Å²) in [5, 5.41) is 3.92. The zero-order chi connectivity index (χ0) is 19.5. The summed E-state index contributed by atoms with van der Waals surface area (Å²) in [6.07, 6.45) is 2.68. The number of hydrogen-bond acceptors (Lipinski definition) is 4. The Morgan fingerprint density at radius 1 is 1.25 bits per heavy atom. The summed E-state index contributed by atoms with van der Waals surface area (Å²) >= 11 is 0. The second kappa shape index (κ2) is 7.92. The van der Waals surface area contributed by atoms with Crippen molar-refractivity contribution in [2.75, 3.05) is 6.54 Å². The van der Waals surface area contributed by atoms with Crippen LogP contribution in [0.2, 0.25) is 0 Å². The van der Waals surface area contributed by atoms with E-state index in [0.29, 0.717) is 35.7 Å². The maximum atomic E-state index is 13.7. The number of carbonyl (C=O) groups excluding carboxylic acids is 1. The molecule has 2 heterocycles. The molecule has 1 unspecified atom stereocenters. The Kier molecular flexibility index (Phi) is 5.19. The van der Waals surface area contributed by atoms with E-state index < -0.39 is 0 Å². The van der Waals surface area contributed by atoms with E-state index in [-0.39, 0.29) is 17.8 Å². The third-order valence-electron chi connectivity index (χ3n) is 5.21. The van der Waals surface area contributed by atoms with E-state index in [0.717, 1.165) is 19.4 Å². The van der Waals surface area contributed by atoms with E-state index in [2.05, 4.69) is 22.3 Å². The number of nitrogens with zero attached hydrogens (tertiary/aromatic N) is 3. The van der Waals surface area contributed by atoms with Crippen molar-refractivity contribution in [2.24, 2.45) is 0 Å². The van der Waals surface area contributed by atoms with Crippen LogP contribution in [0.25, 0.3) is 11.4 Å². The second-order valence-electron chi connectivity index (χ2n) is 7.13. The molecule has 4 rings (SSSR count). The van der Waals surface area contributed by atoms with Crippen LogP contribution in [0.1, 0.15) is 42.3 Å². The first-order chi connectivity index (χ1) is 13.6. The molecule has 1 atom stereocenters. The maximum Gasteiger partial charge on any atom is 0.227 e. The molecule has 1 amide bonds. The molecule has 1 fully saturated rings. The van der Waals surface area contributed by atoms with Crippen LogP contribution < -0.4 is 0 Å². The number of aryl methyl sites for hydroxylation is 2. The molecule has 0 spiro atoms. The molecule has 28 heavy (non-hydrogen) atoms. The maximum absolute atomic E-state index is 13.7. The fraction of sp³-hybridized carbons (Fsp3) is 0.318. The van der Waals surface area contributed by atoms with E-state index in [4.69, 9.17) is 4.52 Å². The summed E-state index contributed by atoms with van der Waals surface area (Å²) in [6.45, 7) is 2.48. The van der Waals surface area contributed by atoms with Crippen LogP contribution in [0.5, 0.6) is 0 Å². The third-order valence-corrected chi connectivity index (χ3v) is 5.21. The van der Waals surface area contributed by atoms with Crippen molar-refractivity contribution in [3.63, 3.8) is 0 Å². The predicted octanol–water partition coefficient (Wildman–Crippen LogP) is 4.48. The average Bonchev–Trinajstić information content (AvgIpc) is 3.39. The van der Waals surface area contributed by atoms with Gasteiger partial charge in [0.1, 0.15) is 5.82 Å². The van der Waals surface area contributed by atoms with Crippen LogP contribution in [0.4, 0.5) is 4.39 Å². The number of halogens is 1. The lowest BCUT2D eigenvalue weighted by molar-refractivity contribution is -0.132. The molecule has 0 radical (unpaired) electrons. The highest BCUT2D eigenvalue weighted by Crippen LogP contribution is 2.32. The highest BCUT2D eigenvalue weighted by molar-refractivity contribution is 5.77. The Hall–Kier alpha value is -3.02. The monoisotopic (exact) mass is 379 g/mol. The van der Waals surface area contributed by atoms with Crippen LogP contribution in [-0.2, 0) is 11.2 Å². The lowest BCUT2D eigenvalue weighted by Crippen LogP contribution is -2.30. The van der Waals surface area contributed by atoms with Crippen molar-refractivity contribution in [2.45, 2.75) is 38.6 Å². The Morgan fingerprint density at radius 2 is 2.07 bits per heavy atom. The summed E-state index contributed by atoms with van der Waals surface area (Å²) in [6, 6.07) is 15.1. The lowest BCUT2D eigenvalue weighted by atomic mass is 10.0. The molecule has 2 aromatic carbocycles. The molecule has 0 bridgehead atoms. The standard InChI is InChI=1S/C22H22FN3O2/c1-15-9-10-17(14-18(15)23)22-24-20(28-25-22)11-12-21(27)26-13-5-8-19(26)16-6-3-2-4-7-16/h2-4,6-7,9-10,14,19H,5,8,11-13H2,1H3. The van der Waals surface area contributed by atoms with Gasteiger partial charge in [0.15, 0.2) is 0 Å². The summed E-state index contributed by atoms with van der Waals surface area (Å²) in [5.74, 6) is 0.511. The molecule has 0 saturated carbocycles. The minimum atomic E-state index is -0.306. The molecule has 1 aliphatic heterocycles. The molecular weight excluding hydrogens is 357 g/mol. The summed E-state index contributed by atoms with van der Waals surface area (Å²) < 4.78 is 19.0. The SMILES string of the molecule is Cc1ccc(-c2noc(CCC(=O)N3CCCC3c3ccccc3)n2)cc1F. The normalized spacial score (nSPS) is 16.5. The first-order valence-electron chi connectivity index (χ1n) is 9.55. The zero-order valence-corrected chi connectivity index (χ0v) is 15.8. The number of amides is 1. The van der Waals surface area contributed by atoms with Crippen LogP contribution in [-0.4, -0.2) is 27.5 Å². The Labute approximate surface area is 163 Å². The molecule has 0 N–H and O–H groups in total. The molecule has 6 heteroatoms. The van der Waals surface area contributed by atoms with Gasteiger partial charge in [0, 0.05) is 24.9 Å². The van der Waals surface area contributed by atoms with Gasteiger partial charge in [0.25, 0.3) is 0 Å². The van der Waals surface area contributed by atoms with Crippen molar-refractivity contribution in [3.05, 3.63) is 71.4 Å². The van der Waals surface area contributed by atoms with Crippen LogP contribution in [0, 0.1) is 12.7 Å². The Bertz CT molecular complexity index is 971. The fourth-order valence-corrected chi connectivity index (χ4v) is 3.65. The van der Waals surface area contributed by atoms with Crippen LogP contribution in [0.15, 0.2) is 53.1 Å². The van der Waals surface area contributed by atoms with Gasteiger partial charge < -0.3 is 9.42 Å². The van der Waals surface area contributed by atoms with Gasteiger partial charge in [0.2, 0.25) is 17.6 Å². The Balaban J connectivity index is 1.40. The third kappa shape index (κ3) is 3.81. The van der Waals surface area contributed by atoms with Gasteiger partial charge in [-0.15, -0.1) is 0 Å². The number of hydrogen-bond donors (Lipinski definition) is 0. The fourth-order valence-electron chi connectivity index (χ4n) is 3.65. The first-order valence-corrected chi connectivity index (χ1v) is 9.55. The highest BCUT2D eigenvalue weighted by Gasteiger charge is 2.29. The summed E-state index contributed by atoms with van der Waals surface area (Å²) in [5.41, 5.74) is 2.31.